The number of carboxylic acids is 1. The van der Waals surface area contributed by atoms with E-state index in [9.17, 15) is 39.3 Å². The first kappa shape index (κ1) is 30.3. The summed E-state index contributed by atoms with van der Waals surface area (Å²) in [6, 6.07) is 0.680. The zero-order chi connectivity index (χ0) is 27.6. The lowest BCUT2D eigenvalue weighted by Gasteiger charge is -2.27. The van der Waals surface area contributed by atoms with Crippen molar-refractivity contribution in [3.05, 3.63) is 29.8 Å². The predicted molar refractivity (Wildman–Crippen MR) is 128 cm³/mol. The Morgan fingerprint density at radius 3 is 1.92 bits per heavy atom. The number of rotatable bonds is 14. The summed E-state index contributed by atoms with van der Waals surface area (Å²) in [5.74, 6) is -4.88. The van der Waals surface area contributed by atoms with E-state index >= 15 is 0 Å². The van der Waals surface area contributed by atoms with Gasteiger partial charge in [0.05, 0.1) is 12.1 Å². The summed E-state index contributed by atoms with van der Waals surface area (Å²) in [4.78, 5) is 60.8. The Kier molecular flexibility index (Phi) is 11.8. The number of aliphatic carboxylic acids is 1. The number of phenolic OH excluding ortho intramolecular Hbond substituents is 1. The van der Waals surface area contributed by atoms with Crippen molar-refractivity contribution < 1.29 is 39.3 Å². The van der Waals surface area contributed by atoms with Gasteiger partial charge < -0.3 is 42.7 Å². The van der Waals surface area contributed by atoms with E-state index in [1.54, 1.807) is 26.0 Å². The molecule has 1 aromatic rings. The Morgan fingerprint density at radius 1 is 0.889 bits per heavy atom. The lowest BCUT2D eigenvalue weighted by atomic mass is 10.0. The van der Waals surface area contributed by atoms with Crippen LogP contribution < -0.4 is 27.4 Å². The molecule has 0 aliphatic carbocycles. The molecule has 5 atom stereocenters. The van der Waals surface area contributed by atoms with Crippen LogP contribution in [0.1, 0.15) is 39.2 Å². The molecule has 0 spiro atoms. The molecule has 5 unspecified atom stereocenters. The minimum atomic E-state index is -1.58. The number of carbonyl (C=O) groups excluding carboxylic acids is 4. The van der Waals surface area contributed by atoms with Gasteiger partial charge >= 0.3 is 5.97 Å². The molecule has 1 aromatic carbocycles. The molecule has 0 radical (unpaired) electrons. The van der Waals surface area contributed by atoms with Crippen LogP contribution in [0.5, 0.6) is 5.75 Å². The fourth-order valence-electron chi connectivity index (χ4n) is 3.11. The number of nitrogens with one attached hydrogen (secondary N) is 3. The highest BCUT2D eigenvalue weighted by Crippen LogP contribution is 2.12. The van der Waals surface area contributed by atoms with E-state index in [2.05, 4.69) is 16.0 Å². The molecule has 0 heterocycles. The van der Waals surface area contributed by atoms with Crippen LogP contribution in [0.4, 0.5) is 0 Å². The van der Waals surface area contributed by atoms with Crippen molar-refractivity contribution in [2.24, 2.45) is 17.4 Å². The summed E-state index contributed by atoms with van der Waals surface area (Å²) in [5, 5.41) is 36.0. The highest BCUT2D eigenvalue weighted by atomic mass is 16.4. The quantitative estimate of drug-likeness (QED) is 0.140. The molecular formula is C23H35N5O8. The molecule has 10 N–H and O–H groups in total. The first-order valence-electron chi connectivity index (χ1n) is 11.4. The van der Waals surface area contributed by atoms with Gasteiger partial charge in [-0.25, -0.2) is 4.79 Å². The molecule has 0 aromatic heterocycles. The van der Waals surface area contributed by atoms with Gasteiger partial charge in [0.1, 0.15) is 23.9 Å². The van der Waals surface area contributed by atoms with Gasteiger partial charge in [-0.1, -0.05) is 26.0 Å². The van der Waals surface area contributed by atoms with Crippen molar-refractivity contribution in [3.63, 3.8) is 0 Å². The Morgan fingerprint density at radius 2 is 1.44 bits per heavy atom. The summed E-state index contributed by atoms with van der Waals surface area (Å²) >= 11 is 0. The molecular weight excluding hydrogens is 474 g/mol. The number of benzene rings is 1. The second kappa shape index (κ2) is 14.0. The number of hydrogen-bond acceptors (Lipinski definition) is 8. The standard InChI is InChI=1S/C23H35N5O8/c1-11(2)18(25)21(33)27-16(10-13-4-6-14(30)7-5-13)20(32)28-19(12(3)29)22(34)26-15(23(35)36)8-9-17(24)31/h4-7,11-12,15-16,18-19,29-30H,8-10,25H2,1-3H3,(H2,24,31)(H,26,34)(H,27,33)(H,28,32)(H,35,36). The van der Waals surface area contributed by atoms with E-state index in [0.717, 1.165) is 0 Å². The van der Waals surface area contributed by atoms with E-state index < -0.39 is 59.9 Å². The average molecular weight is 510 g/mol. The second-order valence-electron chi connectivity index (χ2n) is 8.83. The van der Waals surface area contributed by atoms with Crippen LogP contribution in [0.15, 0.2) is 24.3 Å². The molecule has 13 nitrogen and oxygen atoms in total. The van der Waals surface area contributed by atoms with Gasteiger partial charge in [-0.3, -0.25) is 19.2 Å². The first-order valence-corrected chi connectivity index (χ1v) is 11.4. The van der Waals surface area contributed by atoms with Gasteiger partial charge in [0.2, 0.25) is 23.6 Å². The maximum Gasteiger partial charge on any atom is 0.326 e. The highest BCUT2D eigenvalue weighted by molar-refractivity contribution is 5.94. The molecule has 36 heavy (non-hydrogen) atoms. The van der Waals surface area contributed by atoms with Crippen LogP contribution in [0, 0.1) is 5.92 Å². The number of hydrogen-bond donors (Lipinski definition) is 8. The number of primary amides is 1. The number of phenols is 1. The zero-order valence-electron chi connectivity index (χ0n) is 20.4. The third-order valence-corrected chi connectivity index (χ3v) is 5.39. The number of aliphatic hydroxyl groups excluding tert-OH is 1. The van der Waals surface area contributed by atoms with Crippen LogP contribution in [0.3, 0.4) is 0 Å². The average Bonchev–Trinajstić information content (AvgIpc) is 2.79. The molecule has 0 aliphatic rings. The zero-order valence-corrected chi connectivity index (χ0v) is 20.4. The molecule has 1 rings (SSSR count). The third kappa shape index (κ3) is 9.88. The number of nitrogens with two attached hydrogens (primary N) is 2. The fraction of sp³-hybridized carbons (Fsp3) is 0.522. The second-order valence-corrected chi connectivity index (χ2v) is 8.83. The summed E-state index contributed by atoms with van der Waals surface area (Å²) in [5.41, 5.74) is 11.5. The van der Waals surface area contributed by atoms with Gasteiger partial charge in [0, 0.05) is 12.8 Å². The van der Waals surface area contributed by atoms with Gasteiger partial charge in [-0.05, 0) is 37.0 Å². The van der Waals surface area contributed by atoms with E-state index in [0.29, 0.717) is 5.56 Å². The summed E-state index contributed by atoms with van der Waals surface area (Å²) < 4.78 is 0. The maximum absolute atomic E-state index is 13.1. The van der Waals surface area contributed by atoms with Crippen molar-refractivity contribution in [3.8, 4) is 5.75 Å². The largest absolute Gasteiger partial charge is 0.508 e. The van der Waals surface area contributed by atoms with Crippen molar-refractivity contribution in [2.75, 3.05) is 0 Å². The van der Waals surface area contributed by atoms with Gasteiger partial charge in [-0.15, -0.1) is 0 Å². The van der Waals surface area contributed by atoms with Crippen molar-refractivity contribution in [1.29, 1.82) is 0 Å². The van der Waals surface area contributed by atoms with Crippen molar-refractivity contribution >= 4 is 29.6 Å². The number of carbonyl (C=O) groups is 5. The van der Waals surface area contributed by atoms with Crippen LogP contribution in [0.25, 0.3) is 0 Å². The highest BCUT2D eigenvalue weighted by Gasteiger charge is 2.33. The van der Waals surface area contributed by atoms with E-state index in [1.807, 2.05) is 0 Å². The predicted octanol–water partition coefficient (Wildman–Crippen LogP) is -1.90. The van der Waals surface area contributed by atoms with Gasteiger partial charge in [-0.2, -0.15) is 0 Å². The summed E-state index contributed by atoms with van der Waals surface area (Å²) in [6.45, 7) is 4.67. The molecule has 4 amide bonds. The normalized spacial score (nSPS) is 15.2. The lowest BCUT2D eigenvalue weighted by Crippen LogP contribution is -2.60. The molecule has 0 bridgehead atoms. The number of amides is 4. The number of carboxylic acid groups (broad SMARTS) is 1. The minimum Gasteiger partial charge on any atom is -0.508 e. The Hall–Kier alpha value is -3.71. The van der Waals surface area contributed by atoms with Crippen LogP contribution >= 0.6 is 0 Å². The Bertz CT molecular complexity index is 935. The van der Waals surface area contributed by atoms with Crippen molar-refractivity contribution in [1.82, 2.24) is 16.0 Å². The van der Waals surface area contributed by atoms with Crippen LogP contribution in [-0.4, -0.2) is 75.2 Å². The molecule has 13 heteroatoms. The topological polar surface area (TPSA) is 234 Å². The van der Waals surface area contributed by atoms with E-state index in [1.165, 1.54) is 19.1 Å². The lowest BCUT2D eigenvalue weighted by molar-refractivity contribution is -0.143. The van der Waals surface area contributed by atoms with Crippen LogP contribution in [0.2, 0.25) is 0 Å². The molecule has 0 saturated heterocycles. The monoisotopic (exact) mass is 509 g/mol. The van der Waals surface area contributed by atoms with Gasteiger partial charge in [0.25, 0.3) is 0 Å². The smallest absolute Gasteiger partial charge is 0.326 e. The van der Waals surface area contributed by atoms with Crippen molar-refractivity contribution in [2.45, 2.75) is 70.3 Å². The fourth-order valence-corrected chi connectivity index (χ4v) is 3.11. The molecule has 0 fully saturated rings. The third-order valence-electron chi connectivity index (χ3n) is 5.39. The number of aliphatic hydroxyl groups is 1. The first-order chi connectivity index (χ1) is 16.7. The summed E-state index contributed by atoms with van der Waals surface area (Å²) in [7, 11) is 0. The van der Waals surface area contributed by atoms with Crippen LogP contribution in [-0.2, 0) is 30.4 Å². The SMILES string of the molecule is CC(C)C(N)C(=O)NC(Cc1ccc(O)cc1)C(=O)NC(C(=O)NC(CCC(N)=O)C(=O)O)C(C)O. The molecule has 200 valence electrons. The van der Waals surface area contributed by atoms with E-state index in [-0.39, 0.29) is 30.9 Å². The summed E-state index contributed by atoms with van der Waals surface area (Å²) in [6.07, 6.45) is -2.07. The Balaban J connectivity index is 3.09. The van der Waals surface area contributed by atoms with Gasteiger partial charge in [0.15, 0.2) is 0 Å². The van der Waals surface area contributed by atoms with E-state index in [4.69, 9.17) is 11.5 Å². The molecule has 0 saturated carbocycles. The maximum atomic E-state index is 13.1. The molecule has 0 aliphatic heterocycles. The Labute approximate surface area is 208 Å². The minimum absolute atomic E-state index is 0.000720. The number of aromatic hydroxyl groups is 1.